The summed E-state index contributed by atoms with van der Waals surface area (Å²) in [5.74, 6) is -2.74. The van der Waals surface area contributed by atoms with Gasteiger partial charge in [-0.05, 0) is 25.5 Å². The molecule has 116 valence electrons. The fourth-order valence-electron chi connectivity index (χ4n) is 1.46. The van der Waals surface area contributed by atoms with Gasteiger partial charge in [0.1, 0.15) is 0 Å². The number of para-hydroxylation sites is 1. The van der Waals surface area contributed by atoms with Crippen LogP contribution in [0.25, 0.3) is 0 Å². The maximum absolute atomic E-state index is 13.5. The van der Waals surface area contributed by atoms with E-state index < -0.39 is 35.9 Å². The van der Waals surface area contributed by atoms with Crippen molar-refractivity contribution in [3.8, 4) is 5.75 Å². The van der Waals surface area contributed by atoms with Gasteiger partial charge in [0.05, 0.1) is 6.54 Å². The highest BCUT2D eigenvalue weighted by Crippen LogP contribution is 2.18. The van der Waals surface area contributed by atoms with E-state index in [9.17, 15) is 19.1 Å². The van der Waals surface area contributed by atoms with Crippen molar-refractivity contribution in [2.45, 2.75) is 32.0 Å². The van der Waals surface area contributed by atoms with E-state index in [0.717, 1.165) is 6.92 Å². The SMILES string of the molecule is CCC(Oc1ccccc1F)C(=O)NCC(C)(O)C(=O)O. The lowest BCUT2D eigenvalue weighted by Gasteiger charge is -2.21. The van der Waals surface area contributed by atoms with Crippen LogP contribution in [0.3, 0.4) is 0 Å². The fraction of sp³-hybridized carbons (Fsp3) is 0.429. The maximum Gasteiger partial charge on any atom is 0.337 e. The zero-order valence-electron chi connectivity index (χ0n) is 11.8. The summed E-state index contributed by atoms with van der Waals surface area (Å²) in [6.45, 7) is 2.26. The minimum absolute atomic E-state index is 0.0653. The number of rotatable bonds is 7. The minimum atomic E-state index is -2.08. The Hall–Kier alpha value is -2.15. The lowest BCUT2D eigenvalue weighted by atomic mass is 10.1. The summed E-state index contributed by atoms with van der Waals surface area (Å²) >= 11 is 0. The zero-order valence-corrected chi connectivity index (χ0v) is 11.8. The molecule has 3 N–H and O–H groups in total. The Labute approximate surface area is 121 Å². The molecule has 1 amide bonds. The first-order chi connectivity index (χ1) is 9.77. The molecule has 2 unspecified atom stereocenters. The van der Waals surface area contributed by atoms with Crippen LogP contribution < -0.4 is 10.1 Å². The molecule has 0 aliphatic carbocycles. The lowest BCUT2D eigenvalue weighted by molar-refractivity contribution is -0.156. The Morgan fingerprint density at radius 3 is 2.57 bits per heavy atom. The van der Waals surface area contributed by atoms with Gasteiger partial charge in [-0.3, -0.25) is 4.79 Å². The van der Waals surface area contributed by atoms with Gasteiger partial charge in [0, 0.05) is 0 Å². The molecule has 1 aromatic carbocycles. The molecule has 0 aliphatic heterocycles. The van der Waals surface area contributed by atoms with E-state index in [2.05, 4.69) is 5.32 Å². The summed E-state index contributed by atoms with van der Waals surface area (Å²) in [5, 5.41) is 20.5. The van der Waals surface area contributed by atoms with Gasteiger partial charge in [0.2, 0.25) is 0 Å². The summed E-state index contributed by atoms with van der Waals surface area (Å²) in [7, 11) is 0. The summed E-state index contributed by atoms with van der Waals surface area (Å²) in [5.41, 5.74) is -2.08. The smallest absolute Gasteiger partial charge is 0.337 e. The molecule has 0 fully saturated rings. The number of nitrogens with one attached hydrogen (secondary N) is 1. The molecule has 0 saturated heterocycles. The fourth-order valence-corrected chi connectivity index (χ4v) is 1.46. The molecule has 2 atom stereocenters. The van der Waals surface area contributed by atoms with Crippen LogP contribution in [0, 0.1) is 5.82 Å². The molecule has 6 nitrogen and oxygen atoms in total. The molecule has 0 radical (unpaired) electrons. The van der Waals surface area contributed by atoms with Gasteiger partial charge in [-0.1, -0.05) is 19.1 Å². The number of carboxylic acids is 1. The van der Waals surface area contributed by atoms with Gasteiger partial charge >= 0.3 is 5.97 Å². The molecular formula is C14H18FNO5. The van der Waals surface area contributed by atoms with Gasteiger partial charge in [-0.2, -0.15) is 0 Å². The highest BCUT2D eigenvalue weighted by atomic mass is 19.1. The van der Waals surface area contributed by atoms with Crippen molar-refractivity contribution in [3.63, 3.8) is 0 Å². The Kier molecular flexibility index (Phi) is 5.66. The van der Waals surface area contributed by atoms with Gasteiger partial charge in [0.15, 0.2) is 23.3 Å². The molecule has 21 heavy (non-hydrogen) atoms. The molecule has 0 aromatic heterocycles. The average Bonchev–Trinajstić information content (AvgIpc) is 2.44. The van der Waals surface area contributed by atoms with E-state index >= 15 is 0 Å². The van der Waals surface area contributed by atoms with Crippen LogP contribution in [0.1, 0.15) is 20.3 Å². The molecule has 0 aliphatic rings. The van der Waals surface area contributed by atoms with Crippen molar-refractivity contribution >= 4 is 11.9 Å². The second kappa shape index (κ2) is 7.03. The van der Waals surface area contributed by atoms with Crippen LogP contribution in [0.5, 0.6) is 5.75 Å². The predicted molar refractivity (Wildman–Crippen MR) is 72.4 cm³/mol. The number of benzene rings is 1. The Morgan fingerprint density at radius 1 is 1.43 bits per heavy atom. The average molecular weight is 299 g/mol. The van der Waals surface area contributed by atoms with E-state index in [0.29, 0.717) is 0 Å². The highest BCUT2D eigenvalue weighted by molar-refractivity contribution is 5.83. The van der Waals surface area contributed by atoms with Crippen molar-refractivity contribution in [1.82, 2.24) is 5.32 Å². The first kappa shape index (κ1) is 16.9. The molecule has 0 heterocycles. The van der Waals surface area contributed by atoms with Crippen LogP contribution in [0.2, 0.25) is 0 Å². The molecule has 1 aromatic rings. The standard InChI is InChI=1S/C14H18FNO5/c1-3-10(21-11-7-5-4-6-9(11)15)12(17)16-8-14(2,20)13(18)19/h4-7,10,20H,3,8H2,1-2H3,(H,16,17)(H,18,19). The zero-order chi connectivity index (χ0) is 16.0. The predicted octanol–water partition coefficient (Wildman–Crippen LogP) is 0.935. The van der Waals surface area contributed by atoms with E-state index in [1.807, 2.05) is 0 Å². The van der Waals surface area contributed by atoms with Crippen molar-refractivity contribution in [2.75, 3.05) is 6.54 Å². The highest BCUT2D eigenvalue weighted by Gasteiger charge is 2.31. The number of carboxylic acid groups (broad SMARTS) is 1. The van der Waals surface area contributed by atoms with Crippen molar-refractivity contribution < 1.29 is 28.9 Å². The second-order valence-electron chi connectivity index (χ2n) is 4.74. The molecular weight excluding hydrogens is 281 g/mol. The van der Waals surface area contributed by atoms with Crippen LogP contribution in [0.15, 0.2) is 24.3 Å². The summed E-state index contributed by atoms with van der Waals surface area (Å²) in [4.78, 5) is 22.6. The molecule has 0 saturated carbocycles. The van der Waals surface area contributed by atoms with E-state index in [4.69, 9.17) is 9.84 Å². The minimum Gasteiger partial charge on any atom is -0.479 e. The van der Waals surface area contributed by atoms with Gasteiger partial charge in [-0.15, -0.1) is 0 Å². The first-order valence-electron chi connectivity index (χ1n) is 6.42. The van der Waals surface area contributed by atoms with E-state index in [1.54, 1.807) is 13.0 Å². The van der Waals surface area contributed by atoms with E-state index in [-0.39, 0.29) is 12.2 Å². The largest absolute Gasteiger partial charge is 0.479 e. The summed E-state index contributed by atoms with van der Waals surface area (Å²) < 4.78 is 18.7. The maximum atomic E-state index is 13.5. The number of aliphatic carboxylic acids is 1. The van der Waals surface area contributed by atoms with Gasteiger partial charge < -0.3 is 20.3 Å². The number of hydrogen-bond acceptors (Lipinski definition) is 4. The Balaban J connectivity index is 2.66. The number of halogens is 1. The third-order valence-electron chi connectivity index (χ3n) is 2.84. The Morgan fingerprint density at radius 2 is 2.05 bits per heavy atom. The number of aliphatic hydroxyl groups is 1. The number of ether oxygens (including phenoxy) is 1. The summed E-state index contributed by atoms with van der Waals surface area (Å²) in [6.07, 6.45) is -0.721. The number of hydrogen-bond donors (Lipinski definition) is 3. The van der Waals surface area contributed by atoms with Crippen LogP contribution >= 0.6 is 0 Å². The topological polar surface area (TPSA) is 95.9 Å². The van der Waals surface area contributed by atoms with E-state index in [1.165, 1.54) is 18.2 Å². The number of carbonyl (C=O) groups excluding carboxylic acids is 1. The Bertz CT molecular complexity index is 518. The third kappa shape index (κ3) is 4.71. The van der Waals surface area contributed by atoms with Crippen LogP contribution in [0.4, 0.5) is 4.39 Å². The van der Waals surface area contributed by atoms with Crippen LogP contribution in [-0.2, 0) is 9.59 Å². The number of carbonyl (C=O) groups is 2. The molecule has 7 heteroatoms. The monoisotopic (exact) mass is 299 g/mol. The molecule has 1 rings (SSSR count). The van der Waals surface area contributed by atoms with Gasteiger partial charge in [-0.25, -0.2) is 9.18 Å². The normalized spacial score (nSPS) is 14.9. The molecule has 0 spiro atoms. The van der Waals surface area contributed by atoms with Crippen LogP contribution in [-0.4, -0.2) is 40.3 Å². The quantitative estimate of drug-likeness (QED) is 0.696. The second-order valence-corrected chi connectivity index (χ2v) is 4.74. The van der Waals surface area contributed by atoms with Gasteiger partial charge in [0.25, 0.3) is 5.91 Å². The van der Waals surface area contributed by atoms with Crippen molar-refractivity contribution in [1.29, 1.82) is 0 Å². The lowest BCUT2D eigenvalue weighted by Crippen LogP contribution is -2.49. The number of amides is 1. The third-order valence-corrected chi connectivity index (χ3v) is 2.84. The summed E-state index contributed by atoms with van der Waals surface area (Å²) in [6, 6.07) is 5.65. The first-order valence-corrected chi connectivity index (χ1v) is 6.42. The van der Waals surface area contributed by atoms with Crippen molar-refractivity contribution in [2.24, 2.45) is 0 Å². The van der Waals surface area contributed by atoms with Crippen molar-refractivity contribution in [3.05, 3.63) is 30.1 Å². The molecule has 0 bridgehead atoms.